The molecule has 0 saturated heterocycles. The van der Waals surface area contributed by atoms with Crippen molar-refractivity contribution in [2.24, 2.45) is 22.7 Å². The molecule has 0 aromatic rings. The predicted octanol–water partition coefficient (Wildman–Crippen LogP) is 2.20. The van der Waals surface area contributed by atoms with Crippen molar-refractivity contribution < 1.29 is 15.0 Å². The van der Waals surface area contributed by atoms with Gasteiger partial charge in [0.15, 0.2) is 6.10 Å². The summed E-state index contributed by atoms with van der Waals surface area (Å²) in [5.74, 6) is 0.189. The van der Waals surface area contributed by atoms with Gasteiger partial charge in [-0.05, 0) is 42.9 Å². The Morgan fingerprint density at radius 3 is 2.53 bits per heavy atom. The molecular formula is C14H20O3. The predicted molar refractivity (Wildman–Crippen MR) is 63.4 cm³/mol. The van der Waals surface area contributed by atoms with E-state index in [1.807, 2.05) is 0 Å². The van der Waals surface area contributed by atoms with Crippen molar-refractivity contribution in [3.8, 4) is 0 Å². The second-order valence-corrected chi connectivity index (χ2v) is 6.60. The lowest BCUT2D eigenvalue weighted by Crippen LogP contribution is -2.51. The maximum absolute atomic E-state index is 11.0. The molecule has 4 rings (SSSR count). The van der Waals surface area contributed by atoms with Crippen LogP contribution >= 0.6 is 0 Å². The average Bonchev–Trinajstić information content (AvgIpc) is 3.09. The van der Waals surface area contributed by atoms with E-state index in [-0.39, 0.29) is 0 Å². The number of aliphatic hydroxyl groups is 1. The van der Waals surface area contributed by atoms with Crippen LogP contribution in [0.1, 0.15) is 39.5 Å². The third-order valence-electron chi connectivity index (χ3n) is 5.59. The standard InChI is InChI=1S/C14H20O3/c1-13(2)8-3-4-9(10(13)7-8)14(5-6-14)11(15)12(16)17/h4,8,10-11,15H,3,5-7H2,1-2H3,(H,16,17). The van der Waals surface area contributed by atoms with E-state index in [1.165, 1.54) is 12.0 Å². The quantitative estimate of drug-likeness (QED) is 0.739. The number of carboxylic acid groups (broad SMARTS) is 1. The van der Waals surface area contributed by atoms with Gasteiger partial charge in [-0.25, -0.2) is 4.79 Å². The van der Waals surface area contributed by atoms with Crippen molar-refractivity contribution in [1.29, 1.82) is 0 Å². The number of aliphatic hydroxyl groups excluding tert-OH is 1. The molecule has 0 amide bonds. The number of hydrogen-bond donors (Lipinski definition) is 2. The highest BCUT2D eigenvalue weighted by Gasteiger charge is 2.62. The van der Waals surface area contributed by atoms with E-state index in [0.717, 1.165) is 25.2 Å². The Hall–Kier alpha value is -0.830. The number of hydrogen-bond acceptors (Lipinski definition) is 2. The molecule has 3 atom stereocenters. The third kappa shape index (κ3) is 1.29. The highest BCUT2D eigenvalue weighted by Crippen LogP contribution is 2.68. The molecule has 0 spiro atoms. The molecule has 2 saturated carbocycles. The van der Waals surface area contributed by atoms with Crippen LogP contribution in [0.15, 0.2) is 11.6 Å². The van der Waals surface area contributed by atoms with Crippen molar-refractivity contribution >= 4 is 5.97 Å². The Labute approximate surface area is 102 Å². The Balaban J connectivity index is 1.91. The van der Waals surface area contributed by atoms with Gasteiger partial charge >= 0.3 is 5.97 Å². The van der Waals surface area contributed by atoms with Crippen LogP contribution in [0, 0.1) is 22.7 Å². The molecule has 3 unspecified atom stereocenters. The van der Waals surface area contributed by atoms with Crippen LogP contribution in [0.5, 0.6) is 0 Å². The maximum Gasteiger partial charge on any atom is 0.333 e. The minimum absolute atomic E-state index is 0.303. The van der Waals surface area contributed by atoms with Crippen LogP contribution in [0.25, 0.3) is 0 Å². The fourth-order valence-corrected chi connectivity index (χ4v) is 4.00. The van der Waals surface area contributed by atoms with Crippen LogP contribution in [0.3, 0.4) is 0 Å². The smallest absolute Gasteiger partial charge is 0.333 e. The summed E-state index contributed by atoms with van der Waals surface area (Å²) in [7, 11) is 0. The number of rotatable bonds is 3. The van der Waals surface area contributed by atoms with Crippen molar-refractivity contribution in [1.82, 2.24) is 0 Å². The molecule has 3 nitrogen and oxygen atoms in total. The zero-order valence-corrected chi connectivity index (χ0v) is 10.4. The number of carboxylic acids is 1. The Bertz CT molecular complexity index is 404. The zero-order valence-electron chi connectivity index (χ0n) is 10.4. The van der Waals surface area contributed by atoms with Crippen molar-refractivity contribution in [2.45, 2.75) is 45.6 Å². The number of aliphatic carboxylic acids is 1. The van der Waals surface area contributed by atoms with E-state index in [0.29, 0.717) is 11.3 Å². The molecule has 17 heavy (non-hydrogen) atoms. The largest absolute Gasteiger partial charge is 0.479 e. The molecule has 4 aliphatic carbocycles. The van der Waals surface area contributed by atoms with E-state index in [9.17, 15) is 9.90 Å². The van der Waals surface area contributed by atoms with Gasteiger partial charge in [0.1, 0.15) is 0 Å². The van der Waals surface area contributed by atoms with Crippen molar-refractivity contribution in [3.63, 3.8) is 0 Å². The fraction of sp³-hybridized carbons (Fsp3) is 0.786. The van der Waals surface area contributed by atoms with E-state index >= 15 is 0 Å². The van der Waals surface area contributed by atoms with Crippen LogP contribution in [0.2, 0.25) is 0 Å². The van der Waals surface area contributed by atoms with E-state index in [2.05, 4.69) is 19.9 Å². The van der Waals surface area contributed by atoms with Crippen molar-refractivity contribution in [2.75, 3.05) is 0 Å². The van der Waals surface area contributed by atoms with Gasteiger partial charge in [0, 0.05) is 5.41 Å². The van der Waals surface area contributed by atoms with Gasteiger partial charge in [0.05, 0.1) is 0 Å². The lowest BCUT2D eigenvalue weighted by atomic mass is 9.47. The van der Waals surface area contributed by atoms with Crippen LogP contribution < -0.4 is 0 Å². The van der Waals surface area contributed by atoms with Gasteiger partial charge in [-0.2, -0.15) is 0 Å². The van der Waals surface area contributed by atoms with Gasteiger partial charge in [-0.3, -0.25) is 0 Å². The van der Waals surface area contributed by atoms with E-state index in [1.54, 1.807) is 0 Å². The van der Waals surface area contributed by atoms with E-state index in [4.69, 9.17) is 5.11 Å². The van der Waals surface area contributed by atoms with E-state index < -0.39 is 17.5 Å². The summed E-state index contributed by atoms with van der Waals surface area (Å²) in [6.07, 6.45) is 4.94. The fourth-order valence-electron chi connectivity index (χ4n) is 4.00. The topological polar surface area (TPSA) is 57.5 Å². The Morgan fingerprint density at radius 2 is 2.12 bits per heavy atom. The number of allylic oxidation sites excluding steroid dienone is 1. The minimum atomic E-state index is -1.21. The van der Waals surface area contributed by atoms with Gasteiger partial charge in [0.25, 0.3) is 0 Å². The molecule has 0 aliphatic heterocycles. The lowest BCUT2D eigenvalue weighted by Gasteiger charge is -2.58. The molecule has 2 fully saturated rings. The summed E-state index contributed by atoms with van der Waals surface area (Å²) in [4.78, 5) is 11.0. The second-order valence-electron chi connectivity index (χ2n) is 6.60. The zero-order chi connectivity index (χ0) is 12.4. The molecule has 94 valence electrons. The molecule has 0 radical (unpaired) electrons. The molecule has 0 aromatic carbocycles. The van der Waals surface area contributed by atoms with Gasteiger partial charge < -0.3 is 10.2 Å². The van der Waals surface area contributed by atoms with Crippen LogP contribution in [0.4, 0.5) is 0 Å². The number of fused-ring (bicyclic) bond motifs is 1. The van der Waals surface area contributed by atoms with Gasteiger partial charge in [-0.15, -0.1) is 0 Å². The molecule has 0 aromatic heterocycles. The molecular weight excluding hydrogens is 216 g/mol. The molecule has 2 N–H and O–H groups in total. The lowest BCUT2D eigenvalue weighted by molar-refractivity contribution is -0.150. The summed E-state index contributed by atoms with van der Waals surface area (Å²) in [6, 6.07) is 0. The minimum Gasteiger partial charge on any atom is -0.479 e. The SMILES string of the molecule is CC1(C)C2CC=C(C3(C(O)C(=O)O)CC3)C1C2. The van der Waals surface area contributed by atoms with Crippen LogP contribution in [-0.4, -0.2) is 22.3 Å². The first kappa shape index (κ1) is 11.3. The van der Waals surface area contributed by atoms with Gasteiger partial charge in [-0.1, -0.05) is 25.5 Å². The Kier molecular flexibility index (Phi) is 2.08. The number of carbonyl (C=O) groups is 1. The molecule has 3 heteroatoms. The second kappa shape index (κ2) is 3.14. The molecule has 0 heterocycles. The summed E-state index contributed by atoms with van der Waals surface area (Å²) in [5.41, 5.74) is 1.14. The highest BCUT2D eigenvalue weighted by molar-refractivity contribution is 5.75. The summed E-state index contributed by atoms with van der Waals surface area (Å²) >= 11 is 0. The Morgan fingerprint density at radius 1 is 1.47 bits per heavy atom. The molecule has 2 bridgehead atoms. The summed E-state index contributed by atoms with van der Waals surface area (Å²) in [5, 5.41) is 19.0. The highest BCUT2D eigenvalue weighted by atomic mass is 16.4. The summed E-state index contributed by atoms with van der Waals surface area (Å²) in [6.45, 7) is 4.56. The van der Waals surface area contributed by atoms with Crippen molar-refractivity contribution in [3.05, 3.63) is 11.6 Å². The summed E-state index contributed by atoms with van der Waals surface area (Å²) < 4.78 is 0. The maximum atomic E-state index is 11.0. The normalized spacial score (nSPS) is 37.7. The first-order chi connectivity index (χ1) is 7.89. The molecule has 4 aliphatic rings. The average molecular weight is 236 g/mol. The first-order valence-electron chi connectivity index (χ1n) is 6.51. The van der Waals surface area contributed by atoms with Gasteiger partial charge in [0.2, 0.25) is 0 Å². The third-order valence-corrected chi connectivity index (χ3v) is 5.59. The van der Waals surface area contributed by atoms with Crippen LogP contribution in [-0.2, 0) is 4.79 Å². The first-order valence-corrected chi connectivity index (χ1v) is 6.51. The monoisotopic (exact) mass is 236 g/mol.